The highest BCUT2D eigenvalue weighted by atomic mass is 32.2. The Kier molecular flexibility index (Phi) is 3.88. The van der Waals surface area contributed by atoms with Gasteiger partial charge in [0.1, 0.15) is 0 Å². The van der Waals surface area contributed by atoms with Crippen LogP contribution in [0.25, 0.3) is 0 Å². The maximum atomic E-state index is 10.7. The average Bonchev–Trinajstić information content (AvgIpc) is 1.98. The van der Waals surface area contributed by atoms with Crippen LogP contribution in [0.15, 0.2) is 0 Å². The lowest BCUT2D eigenvalue weighted by Gasteiger charge is -2.38. The molecule has 0 spiro atoms. The minimum absolute atomic E-state index is 0.241. The monoisotopic (exact) mass is 222 g/mol. The van der Waals surface area contributed by atoms with E-state index in [2.05, 4.69) is 17.0 Å². The molecule has 1 fully saturated rings. The van der Waals surface area contributed by atoms with Crippen molar-refractivity contribution in [1.29, 1.82) is 0 Å². The highest BCUT2D eigenvalue weighted by Crippen LogP contribution is 2.24. The molecule has 14 heavy (non-hydrogen) atoms. The molecule has 1 aliphatic rings. The molecule has 0 radical (unpaired) electrons. The van der Waals surface area contributed by atoms with Gasteiger partial charge in [0.05, 0.1) is 19.5 Å². The molecule has 1 aliphatic heterocycles. The standard InChI is InChI=1S/C8H18N2O3S/c1-8(6-13-7-8)5-9-3-4-10-14(2,11)12/h9-10H,3-7H2,1-2H3. The summed E-state index contributed by atoms with van der Waals surface area (Å²) in [7, 11) is -3.05. The van der Waals surface area contributed by atoms with Crippen LogP contribution in [0.5, 0.6) is 0 Å². The average molecular weight is 222 g/mol. The normalized spacial score (nSPS) is 20.4. The van der Waals surface area contributed by atoms with Crippen molar-refractivity contribution < 1.29 is 13.2 Å². The van der Waals surface area contributed by atoms with Crippen LogP contribution >= 0.6 is 0 Å². The van der Waals surface area contributed by atoms with Gasteiger partial charge in [-0.3, -0.25) is 0 Å². The lowest BCUT2D eigenvalue weighted by atomic mass is 9.89. The molecule has 0 aromatic heterocycles. The second-order valence-corrected chi connectivity index (χ2v) is 5.98. The van der Waals surface area contributed by atoms with Gasteiger partial charge >= 0.3 is 0 Å². The Morgan fingerprint density at radius 3 is 2.43 bits per heavy atom. The van der Waals surface area contributed by atoms with E-state index in [9.17, 15) is 8.42 Å². The zero-order chi connectivity index (χ0) is 10.7. The first-order chi connectivity index (χ1) is 6.41. The molecule has 0 saturated carbocycles. The summed E-state index contributed by atoms with van der Waals surface area (Å²) in [5, 5.41) is 3.19. The molecule has 1 heterocycles. The predicted molar refractivity (Wildman–Crippen MR) is 54.6 cm³/mol. The third-order valence-corrected chi connectivity index (χ3v) is 2.85. The van der Waals surface area contributed by atoms with Crippen LogP contribution in [0.1, 0.15) is 6.92 Å². The Labute approximate surface area is 85.3 Å². The molecule has 0 aromatic rings. The van der Waals surface area contributed by atoms with Gasteiger partial charge in [0.25, 0.3) is 0 Å². The van der Waals surface area contributed by atoms with Crippen molar-refractivity contribution in [3.05, 3.63) is 0 Å². The molecule has 5 nitrogen and oxygen atoms in total. The van der Waals surface area contributed by atoms with Gasteiger partial charge in [-0.25, -0.2) is 13.1 Å². The van der Waals surface area contributed by atoms with Crippen LogP contribution in [0.2, 0.25) is 0 Å². The van der Waals surface area contributed by atoms with E-state index in [1.165, 1.54) is 0 Å². The number of rotatable bonds is 6. The number of nitrogens with one attached hydrogen (secondary N) is 2. The van der Waals surface area contributed by atoms with E-state index >= 15 is 0 Å². The fraction of sp³-hybridized carbons (Fsp3) is 1.00. The number of hydrogen-bond donors (Lipinski definition) is 2. The molecule has 0 aliphatic carbocycles. The molecule has 0 unspecified atom stereocenters. The topological polar surface area (TPSA) is 67.4 Å². The van der Waals surface area contributed by atoms with Gasteiger partial charge in [-0.05, 0) is 0 Å². The SMILES string of the molecule is CC1(CNCCNS(C)(=O)=O)COC1. The van der Waals surface area contributed by atoms with Gasteiger partial charge in [0.2, 0.25) is 10.0 Å². The van der Waals surface area contributed by atoms with E-state index in [0.717, 1.165) is 26.0 Å². The number of sulfonamides is 1. The minimum Gasteiger partial charge on any atom is -0.380 e. The molecule has 0 atom stereocenters. The van der Waals surface area contributed by atoms with E-state index in [4.69, 9.17) is 4.74 Å². The molecule has 84 valence electrons. The van der Waals surface area contributed by atoms with Crippen molar-refractivity contribution in [2.45, 2.75) is 6.92 Å². The van der Waals surface area contributed by atoms with Crippen molar-refractivity contribution in [3.63, 3.8) is 0 Å². The minimum atomic E-state index is -3.05. The van der Waals surface area contributed by atoms with Crippen molar-refractivity contribution in [2.24, 2.45) is 5.41 Å². The Morgan fingerprint density at radius 2 is 2.00 bits per heavy atom. The van der Waals surface area contributed by atoms with Crippen LogP contribution in [-0.4, -0.2) is 47.5 Å². The molecule has 0 aromatic carbocycles. The van der Waals surface area contributed by atoms with E-state index in [-0.39, 0.29) is 5.41 Å². The van der Waals surface area contributed by atoms with Crippen LogP contribution < -0.4 is 10.0 Å². The van der Waals surface area contributed by atoms with E-state index < -0.39 is 10.0 Å². The molecular formula is C8H18N2O3S. The highest BCUT2D eigenvalue weighted by Gasteiger charge is 2.32. The van der Waals surface area contributed by atoms with Crippen molar-refractivity contribution in [3.8, 4) is 0 Å². The van der Waals surface area contributed by atoms with Crippen LogP contribution in [0.4, 0.5) is 0 Å². The van der Waals surface area contributed by atoms with E-state index in [0.29, 0.717) is 13.1 Å². The molecule has 0 amide bonds. The maximum Gasteiger partial charge on any atom is 0.208 e. The van der Waals surface area contributed by atoms with E-state index in [1.54, 1.807) is 0 Å². The molecular weight excluding hydrogens is 204 g/mol. The second kappa shape index (κ2) is 4.57. The maximum absolute atomic E-state index is 10.7. The van der Waals surface area contributed by atoms with Gasteiger partial charge in [-0.1, -0.05) is 6.92 Å². The third-order valence-electron chi connectivity index (χ3n) is 2.12. The van der Waals surface area contributed by atoms with Gasteiger partial charge in [0, 0.05) is 25.0 Å². The third kappa shape index (κ3) is 4.36. The first-order valence-electron chi connectivity index (χ1n) is 4.64. The lowest BCUT2D eigenvalue weighted by molar-refractivity contribution is -0.0988. The molecule has 1 rings (SSSR count). The van der Waals surface area contributed by atoms with Gasteiger partial charge in [0.15, 0.2) is 0 Å². The lowest BCUT2D eigenvalue weighted by Crippen LogP contribution is -2.48. The molecule has 0 bridgehead atoms. The van der Waals surface area contributed by atoms with Crippen molar-refractivity contribution in [1.82, 2.24) is 10.0 Å². The number of hydrogen-bond acceptors (Lipinski definition) is 4. The second-order valence-electron chi connectivity index (χ2n) is 4.15. The van der Waals surface area contributed by atoms with Crippen molar-refractivity contribution >= 4 is 10.0 Å². The van der Waals surface area contributed by atoms with Crippen molar-refractivity contribution in [2.75, 3.05) is 39.1 Å². The summed E-state index contributed by atoms with van der Waals surface area (Å²) < 4.78 is 28.9. The summed E-state index contributed by atoms with van der Waals surface area (Å²) >= 11 is 0. The summed E-state index contributed by atoms with van der Waals surface area (Å²) in [6.45, 7) is 5.70. The molecule has 6 heteroatoms. The smallest absolute Gasteiger partial charge is 0.208 e. The highest BCUT2D eigenvalue weighted by molar-refractivity contribution is 7.88. The Bertz CT molecular complexity index is 272. The van der Waals surface area contributed by atoms with Crippen LogP contribution in [-0.2, 0) is 14.8 Å². The summed E-state index contributed by atoms with van der Waals surface area (Å²) in [5.41, 5.74) is 0.241. The summed E-state index contributed by atoms with van der Waals surface area (Å²) in [6.07, 6.45) is 1.16. The van der Waals surface area contributed by atoms with Gasteiger partial charge < -0.3 is 10.1 Å². The quantitative estimate of drug-likeness (QED) is 0.575. The van der Waals surface area contributed by atoms with Crippen LogP contribution in [0.3, 0.4) is 0 Å². The van der Waals surface area contributed by atoms with Gasteiger partial charge in [-0.15, -0.1) is 0 Å². The summed E-state index contributed by atoms with van der Waals surface area (Å²) in [5.74, 6) is 0. The molecule has 1 saturated heterocycles. The first-order valence-corrected chi connectivity index (χ1v) is 6.54. The zero-order valence-electron chi connectivity index (χ0n) is 8.67. The predicted octanol–water partition coefficient (Wildman–Crippen LogP) is -0.838. The largest absolute Gasteiger partial charge is 0.380 e. The summed E-state index contributed by atoms with van der Waals surface area (Å²) in [4.78, 5) is 0. The Morgan fingerprint density at radius 1 is 1.36 bits per heavy atom. The fourth-order valence-electron chi connectivity index (χ4n) is 1.27. The van der Waals surface area contributed by atoms with Crippen LogP contribution in [0, 0.1) is 5.41 Å². The zero-order valence-corrected chi connectivity index (χ0v) is 9.49. The molecule has 2 N–H and O–H groups in total. The number of ether oxygens (including phenoxy) is 1. The Hall–Kier alpha value is -0.170. The first kappa shape index (κ1) is 11.9. The van der Waals surface area contributed by atoms with Gasteiger partial charge in [-0.2, -0.15) is 0 Å². The van der Waals surface area contributed by atoms with E-state index in [1.807, 2.05) is 0 Å². The fourth-order valence-corrected chi connectivity index (χ4v) is 1.74. The Balaban J connectivity index is 2.00. The summed E-state index contributed by atoms with van der Waals surface area (Å²) in [6, 6.07) is 0.